The van der Waals surface area contributed by atoms with Crippen molar-refractivity contribution in [2.45, 2.75) is 16.7 Å². The summed E-state index contributed by atoms with van der Waals surface area (Å²) in [6.07, 6.45) is 0. The highest BCUT2D eigenvalue weighted by Crippen LogP contribution is 2.33. The van der Waals surface area contributed by atoms with Crippen LogP contribution in [0.15, 0.2) is 50.4 Å². The van der Waals surface area contributed by atoms with Crippen molar-refractivity contribution in [3.63, 3.8) is 0 Å². The average molecular weight is 494 g/mol. The SMILES string of the molecule is COc1cc(N=Nc2ccc(S(=O)(=O)CCS(=O)(=O)O)cc2S(=O)(=O)O)c(C)cc1N. The van der Waals surface area contributed by atoms with Crippen LogP contribution in [0, 0.1) is 6.92 Å². The molecule has 2 aromatic carbocycles. The number of methoxy groups -OCH3 is 1. The van der Waals surface area contributed by atoms with E-state index in [0.29, 0.717) is 23.1 Å². The van der Waals surface area contributed by atoms with E-state index in [9.17, 15) is 29.8 Å². The first-order valence-electron chi connectivity index (χ1n) is 8.29. The third-order valence-corrected chi connectivity index (χ3v) is 7.57. The molecule has 0 aliphatic heterocycles. The first-order valence-corrected chi connectivity index (χ1v) is 13.0. The number of hydrogen-bond acceptors (Lipinski definition) is 10. The zero-order chi connectivity index (χ0) is 23.6. The van der Waals surface area contributed by atoms with Crippen molar-refractivity contribution in [2.24, 2.45) is 10.2 Å². The minimum atomic E-state index is -4.92. The first-order chi connectivity index (χ1) is 14.1. The lowest BCUT2D eigenvalue weighted by Gasteiger charge is -2.09. The maximum absolute atomic E-state index is 12.3. The van der Waals surface area contributed by atoms with Gasteiger partial charge in [0.05, 0.1) is 34.9 Å². The minimum absolute atomic E-state index is 0.275. The van der Waals surface area contributed by atoms with Gasteiger partial charge in [-0.1, -0.05) is 0 Å². The van der Waals surface area contributed by atoms with Crippen molar-refractivity contribution >= 4 is 47.1 Å². The van der Waals surface area contributed by atoms with E-state index < -0.39 is 51.4 Å². The summed E-state index contributed by atoms with van der Waals surface area (Å²) in [5.41, 5.74) is 6.61. The van der Waals surface area contributed by atoms with Crippen LogP contribution in [0.4, 0.5) is 17.1 Å². The molecule has 2 rings (SSSR count). The number of nitrogen functional groups attached to an aromatic ring is 1. The summed E-state index contributed by atoms with van der Waals surface area (Å²) in [5.74, 6) is -1.78. The van der Waals surface area contributed by atoms with E-state index >= 15 is 0 Å². The fourth-order valence-corrected chi connectivity index (χ4v) is 5.65. The second kappa shape index (κ2) is 8.88. The van der Waals surface area contributed by atoms with Gasteiger partial charge >= 0.3 is 0 Å². The highest BCUT2D eigenvalue weighted by Gasteiger charge is 2.23. The summed E-state index contributed by atoms with van der Waals surface area (Å²) in [7, 11) is -12.4. The maximum atomic E-state index is 12.3. The lowest BCUT2D eigenvalue weighted by atomic mass is 10.1. The van der Waals surface area contributed by atoms with E-state index in [2.05, 4.69) is 10.2 Å². The Kier molecular flexibility index (Phi) is 7.07. The summed E-state index contributed by atoms with van der Waals surface area (Å²) in [4.78, 5) is -1.45. The molecule has 4 N–H and O–H groups in total. The third-order valence-electron chi connectivity index (χ3n) is 3.99. The molecule has 12 nitrogen and oxygen atoms in total. The van der Waals surface area contributed by atoms with Gasteiger partial charge in [0.2, 0.25) is 0 Å². The zero-order valence-electron chi connectivity index (χ0n) is 16.2. The Labute approximate surface area is 179 Å². The predicted molar refractivity (Wildman–Crippen MR) is 111 cm³/mol. The number of benzene rings is 2. The summed E-state index contributed by atoms with van der Waals surface area (Å²) in [6.45, 7) is 1.67. The van der Waals surface area contributed by atoms with Gasteiger partial charge in [-0.05, 0) is 36.8 Å². The summed E-state index contributed by atoms with van der Waals surface area (Å²) >= 11 is 0. The fourth-order valence-electron chi connectivity index (χ4n) is 2.40. The third kappa shape index (κ3) is 6.44. The predicted octanol–water partition coefficient (Wildman–Crippen LogP) is 1.91. The van der Waals surface area contributed by atoms with Gasteiger partial charge < -0.3 is 10.5 Å². The molecule has 15 heteroatoms. The molecule has 0 heterocycles. The summed E-state index contributed by atoms with van der Waals surface area (Å²) in [5, 5.41) is 7.69. The van der Waals surface area contributed by atoms with Crippen LogP contribution in [0.2, 0.25) is 0 Å². The monoisotopic (exact) mass is 493 g/mol. The molecule has 0 aromatic heterocycles. The van der Waals surface area contributed by atoms with Crippen molar-refractivity contribution in [1.29, 1.82) is 0 Å². The highest BCUT2D eigenvalue weighted by atomic mass is 32.2. The van der Waals surface area contributed by atoms with E-state index in [1.54, 1.807) is 13.0 Å². The van der Waals surface area contributed by atoms with Crippen LogP contribution >= 0.6 is 0 Å². The number of anilines is 1. The summed E-state index contributed by atoms with van der Waals surface area (Å²) in [6, 6.07) is 5.59. The van der Waals surface area contributed by atoms with Gasteiger partial charge in [0.1, 0.15) is 16.3 Å². The zero-order valence-corrected chi connectivity index (χ0v) is 18.7. The quantitative estimate of drug-likeness (QED) is 0.277. The molecule has 170 valence electrons. The number of rotatable bonds is 8. The van der Waals surface area contributed by atoms with Gasteiger partial charge in [0, 0.05) is 6.07 Å². The van der Waals surface area contributed by atoms with Gasteiger partial charge in [-0.2, -0.15) is 21.9 Å². The molecule has 0 radical (unpaired) electrons. The Morgan fingerprint density at radius 1 is 0.935 bits per heavy atom. The number of nitrogens with zero attached hydrogens (tertiary/aromatic N) is 2. The molecule has 0 saturated carbocycles. The molecule has 0 unspecified atom stereocenters. The lowest BCUT2D eigenvalue weighted by molar-refractivity contribution is 0.417. The second-order valence-electron chi connectivity index (χ2n) is 6.29. The van der Waals surface area contributed by atoms with E-state index in [1.807, 2.05) is 0 Å². The van der Waals surface area contributed by atoms with Crippen LogP contribution in [0.5, 0.6) is 5.75 Å². The van der Waals surface area contributed by atoms with Crippen LogP contribution in [-0.2, 0) is 30.1 Å². The first kappa shape index (κ1) is 24.7. The van der Waals surface area contributed by atoms with Crippen molar-refractivity contribution in [3.05, 3.63) is 35.9 Å². The Hall–Kier alpha value is -2.59. The molecule has 0 aliphatic rings. The van der Waals surface area contributed by atoms with E-state index in [1.165, 1.54) is 13.2 Å². The van der Waals surface area contributed by atoms with Crippen LogP contribution in [0.3, 0.4) is 0 Å². The van der Waals surface area contributed by atoms with E-state index in [-0.39, 0.29) is 11.4 Å². The number of sulfone groups is 1. The van der Waals surface area contributed by atoms with Crippen molar-refractivity contribution in [1.82, 2.24) is 0 Å². The van der Waals surface area contributed by atoms with Gasteiger partial charge in [0.15, 0.2) is 9.84 Å². The van der Waals surface area contributed by atoms with Gasteiger partial charge in [-0.3, -0.25) is 9.11 Å². The Bertz CT molecular complexity index is 1350. The van der Waals surface area contributed by atoms with E-state index in [0.717, 1.165) is 12.1 Å². The number of ether oxygens (including phenoxy) is 1. The molecule has 0 amide bonds. The van der Waals surface area contributed by atoms with Gasteiger partial charge in [-0.25, -0.2) is 8.42 Å². The molecule has 0 fully saturated rings. The molecular weight excluding hydrogens is 474 g/mol. The Morgan fingerprint density at radius 2 is 1.55 bits per heavy atom. The molecule has 0 atom stereocenters. The molecule has 0 spiro atoms. The molecular formula is C16H19N3O9S3. The lowest BCUT2D eigenvalue weighted by Crippen LogP contribution is -2.17. The molecule has 31 heavy (non-hydrogen) atoms. The van der Waals surface area contributed by atoms with Gasteiger partial charge in [0.25, 0.3) is 20.2 Å². The maximum Gasteiger partial charge on any atom is 0.296 e. The molecule has 0 aliphatic carbocycles. The largest absolute Gasteiger partial charge is 0.495 e. The average Bonchev–Trinajstić information content (AvgIpc) is 2.64. The minimum Gasteiger partial charge on any atom is -0.495 e. The standard InChI is InChI=1S/C16H19N3O9S3/c1-10-7-12(17)15(28-2)9-14(10)19-18-13-4-3-11(8-16(13)31(25,26)27)29(20,21)5-6-30(22,23)24/h3-4,7-9H,5-6,17H2,1-2H3,(H,22,23,24)(H,25,26,27). The topological polar surface area (TPSA) is 203 Å². The number of hydrogen-bond donors (Lipinski definition) is 3. The fraction of sp³-hybridized carbons (Fsp3) is 0.250. The van der Waals surface area contributed by atoms with E-state index in [4.69, 9.17) is 15.0 Å². The number of azo groups is 1. The Balaban J connectivity index is 2.52. The number of nitrogens with two attached hydrogens (primary N) is 1. The van der Waals surface area contributed by atoms with Crippen LogP contribution in [-0.4, -0.2) is 53.0 Å². The van der Waals surface area contributed by atoms with Gasteiger partial charge in [-0.15, -0.1) is 5.11 Å². The molecule has 0 saturated heterocycles. The van der Waals surface area contributed by atoms with Crippen molar-refractivity contribution in [2.75, 3.05) is 24.3 Å². The van der Waals surface area contributed by atoms with Crippen LogP contribution < -0.4 is 10.5 Å². The highest BCUT2D eigenvalue weighted by molar-refractivity contribution is 7.93. The Morgan fingerprint density at radius 3 is 2.10 bits per heavy atom. The molecule has 0 bridgehead atoms. The second-order valence-corrected chi connectivity index (χ2v) is 11.4. The number of aryl methyl sites for hydroxylation is 1. The normalized spacial score (nSPS) is 12.9. The molecule has 2 aromatic rings. The van der Waals surface area contributed by atoms with Crippen LogP contribution in [0.1, 0.15) is 5.56 Å². The van der Waals surface area contributed by atoms with Crippen LogP contribution in [0.25, 0.3) is 0 Å². The van der Waals surface area contributed by atoms with Crippen molar-refractivity contribution in [3.8, 4) is 5.75 Å². The van der Waals surface area contributed by atoms with Crippen molar-refractivity contribution < 1.29 is 39.1 Å². The smallest absolute Gasteiger partial charge is 0.296 e. The summed E-state index contributed by atoms with van der Waals surface area (Å²) < 4.78 is 93.0.